The van der Waals surface area contributed by atoms with Crippen LogP contribution >= 0.6 is 0 Å². The predicted molar refractivity (Wildman–Crippen MR) is 97.1 cm³/mol. The van der Waals surface area contributed by atoms with E-state index in [9.17, 15) is 4.79 Å². The highest BCUT2D eigenvalue weighted by atomic mass is 16.2. The molecule has 1 saturated heterocycles. The van der Waals surface area contributed by atoms with Crippen LogP contribution in [0, 0.1) is 5.92 Å². The molecule has 0 spiro atoms. The maximum Gasteiger partial charge on any atom is 0.253 e. The number of nitrogens with zero attached hydrogens (tertiary/aromatic N) is 2. The Balaban J connectivity index is 1.62. The fourth-order valence-electron chi connectivity index (χ4n) is 3.33. The van der Waals surface area contributed by atoms with Crippen LogP contribution in [0.5, 0.6) is 0 Å². The van der Waals surface area contributed by atoms with E-state index in [0.29, 0.717) is 5.92 Å². The van der Waals surface area contributed by atoms with E-state index in [0.717, 1.165) is 31.5 Å². The van der Waals surface area contributed by atoms with Crippen molar-refractivity contribution in [3.8, 4) is 0 Å². The molecule has 24 heavy (non-hydrogen) atoms. The Bertz CT molecular complexity index is 686. The number of likely N-dealkylation sites (tertiary alicyclic amines) is 1. The number of rotatable bonds is 3. The summed E-state index contributed by atoms with van der Waals surface area (Å²) in [6, 6.07) is 12.2. The number of hydrogen-bond acceptors (Lipinski definition) is 2. The number of amides is 1. The van der Waals surface area contributed by atoms with E-state index in [2.05, 4.69) is 50.0 Å². The lowest BCUT2D eigenvalue weighted by Crippen LogP contribution is -2.29. The Labute approximate surface area is 144 Å². The molecule has 0 bridgehead atoms. The summed E-state index contributed by atoms with van der Waals surface area (Å²) in [5.41, 5.74) is 3.48. The summed E-state index contributed by atoms with van der Waals surface area (Å²) in [5.74, 6) is 0.706. The molecule has 1 aliphatic heterocycles. The second-order valence-electron chi connectivity index (χ2n) is 7.79. The number of pyridine rings is 1. The summed E-state index contributed by atoms with van der Waals surface area (Å²) in [4.78, 5) is 18.8. The minimum absolute atomic E-state index is 0.116. The summed E-state index contributed by atoms with van der Waals surface area (Å²) in [6.45, 7) is 8.27. The van der Waals surface area contributed by atoms with Gasteiger partial charge in [-0.2, -0.15) is 0 Å². The van der Waals surface area contributed by atoms with Crippen molar-refractivity contribution in [2.24, 2.45) is 5.92 Å². The highest BCUT2D eigenvalue weighted by molar-refractivity contribution is 5.94. The normalized spacial score (nSPS) is 18.0. The van der Waals surface area contributed by atoms with Crippen molar-refractivity contribution in [3.05, 3.63) is 65.5 Å². The molecule has 3 rings (SSSR count). The molecule has 0 saturated carbocycles. The molecular formula is C21H26N2O. The maximum absolute atomic E-state index is 12.7. The van der Waals surface area contributed by atoms with Crippen LogP contribution in [0.3, 0.4) is 0 Å². The molecule has 1 fully saturated rings. The zero-order chi connectivity index (χ0) is 17.2. The first kappa shape index (κ1) is 16.7. The fraction of sp³-hybridized carbons (Fsp3) is 0.429. The number of hydrogen-bond donors (Lipinski definition) is 0. The lowest BCUT2D eigenvalue weighted by molar-refractivity contribution is 0.0787. The molecule has 1 unspecified atom stereocenters. The third-order valence-corrected chi connectivity index (χ3v) is 4.84. The van der Waals surface area contributed by atoms with Crippen LogP contribution in [-0.4, -0.2) is 28.9 Å². The number of aromatic nitrogens is 1. The van der Waals surface area contributed by atoms with Crippen LogP contribution in [0.4, 0.5) is 0 Å². The zero-order valence-electron chi connectivity index (χ0n) is 14.8. The Morgan fingerprint density at radius 3 is 2.42 bits per heavy atom. The van der Waals surface area contributed by atoms with Crippen molar-refractivity contribution in [3.63, 3.8) is 0 Å². The van der Waals surface area contributed by atoms with Gasteiger partial charge in [0.1, 0.15) is 0 Å². The molecule has 2 aromatic rings. The Morgan fingerprint density at radius 1 is 1.12 bits per heavy atom. The molecule has 1 aromatic heterocycles. The van der Waals surface area contributed by atoms with Gasteiger partial charge in [-0.3, -0.25) is 9.78 Å². The average Bonchev–Trinajstić information content (AvgIpc) is 3.03. The minimum atomic E-state index is 0.116. The zero-order valence-corrected chi connectivity index (χ0v) is 14.8. The summed E-state index contributed by atoms with van der Waals surface area (Å²) in [6.07, 6.45) is 5.78. The minimum Gasteiger partial charge on any atom is -0.338 e. The predicted octanol–water partition coefficient (Wildman–Crippen LogP) is 4.08. The summed E-state index contributed by atoms with van der Waals surface area (Å²) >= 11 is 0. The molecule has 0 N–H and O–H groups in total. The largest absolute Gasteiger partial charge is 0.338 e. The van der Waals surface area contributed by atoms with Gasteiger partial charge in [-0.15, -0.1) is 0 Å². The van der Waals surface area contributed by atoms with Gasteiger partial charge in [0.2, 0.25) is 0 Å². The van der Waals surface area contributed by atoms with Crippen LogP contribution in [0.2, 0.25) is 0 Å². The van der Waals surface area contributed by atoms with Gasteiger partial charge in [-0.1, -0.05) is 32.9 Å². The van der Waals surface area contributed by atoms with E-state index >= 15 is 0 Å². The average molecular weight is 322 g/mol. The summed E-state index contributed by atoms with van der Waals surface area (Å²) in [7, 11) is 0. The molecule has 3 heteroatoms. The molecule has 1 aromatic carbocycles. The van der Waals surface area contributed by atoms with Gasteiger partial charge in [-0.25, -0.2) is 0 Å². The van der Waals surface area contributed by atoms with Crippen molar-refractivity contribution in [2.45, 2.75) is 39.0 Å². The highest BCUT2D eigenvalue weighted by Crippen LogP contribution is 2.25. The molecule has 2 heterocycles. The van der Waals surface area contributed by atoms with Gasteiger partial charge in [-0.05, 0) is 59.6 Å². The van der Waals surface area contributed by atoms with Gasteiger partial charge >= 0.3 is 0 Å². The van der Waals surface area contributed by atoms with Crippen LogP contribution in [0.1, 0.15) is 48.7 Å². The lowest BCUT2D eigenvalue weighted by Gasteiger charge is -2.20. The standard InChI is InChI=1S/C21H26N2O/c1-21(2,3)19-6-4-18(5-7-19)20(24)23-13-10-17(15-23)14-16-8-11-22-12-9-16/h4-9,11-12,17H,10,13-15H2,1-3H3. The molecule has 0 radical (unpaired) electrons. The van der Waals surface area contributed by atoms with Crippen molar-refractivity contribution >= 4 is 5.91 Å². The van der Waals surface area contributed by atoms with Gasteiger partial charge < -0.3 is 4.90 Å². The van der Waals surface area contributed by atoms with Crippen LogP contribution in [-0.2, 0) is 11.8 Å². The van der Waals surface area contributed by atoms with Crippen molar-refractivity contribution in [2.75, 3.05) is 13.1 Å². The molecule has 0 aliphatic carbocycles. The SMILES string of the molecule is CC(C)(C)c1ccc(C(=O)N2CCC(Cc3ccncc3)C2)cc1. The van der Waals surface area contributed by atoms with E-state index in [1.54, 1.807) is 0 Å². The topological polar surface area (TPSA) is 33.2 Å². The number of carbonyl (C=O) groups is 1. The molecule has 126 valence electrons. The smallest absolute Gasteiger partial charge is 0.253 e. The fourth-order valence-corrected chi connectivity index (χ4v) is 3.33. The van der Waals surface area contributed by atoms with Gasteiger partial charge in [0, 0.05) is 31.0 Å². The first-order valence-electron chi connectivity index (χ1n) is 8.72. The monoisotopic (exact) mass is 322 g/mol. The Hall–Kier alpha value is -2.16. The third kappa shape index (κ3) is 3.84. The van der Waals surface area contributed by atoms with Gasteiger partial charge in [0.15, 0.2) is 0 Å². The third-order valence-electron chi connectivity index (χ3n) is 4.84. The van der Waals surface area contributed by atoms with E-state index in [4.69, 9.17) is 0 Å². The number of carbonyl (C=O) groups excluding carboxylic acids is 1. The second kappa shape index (κ2) is 6.76. The quantitative estimate of drug-likeness (QED) is 0.853. The lowest BCUT2D eigenvalue weighted by atomic mass is 9.86. The van der Waals surface area contributed by atoms with Crippen molar-refractivity contribution in [1.29, 1.82) is 0 Å². The Morgan fingerprint density at radius 2 is 1.79 bits per heavy atom. The van der Waals surface area contributed by atoms with E-state index in [1.807, 2.05) is 29.4 Å². The van der Waals surface area contributed by atoms with Crippen molar-refractivity contribution < 1.29 is 4.79 Å². The van der Waals surface area contributed by atoms with Gasteiger partial charge in [0.05, 0.1) is 0 Å². The first-order chi connectivity index (χ1) is 11.4. The summed E-state index contributed by atoms with van der Waals surface area (Å²) < 4.78 is 0. The molecule has 3 nitrogen and oxygen atoms in total. The number of benzene rings is 1. The molecule has 1 amide bonds. The van der Waals surface area contributed by atoms with E-state index in [1.165, 1.54) is 11.1 Å². The van der Waals surface area contributed by atoms with Crippen molar-refractivity contribution in [1.82, 2.24) is 9.88 Å². The Kier molecular flexibility index (Phi) is 4.70. The van der Waals surface area contributed by atoms with Crippen LogP contribution in [0.15, 0.2) is 48.8 Å². The molecular weight excluding hydrogens is 296 g/mol. The van der Waals surface area contributed by atoms with Crippen LogP contribution in [0.25, 0.3) is 0 Å². The maximum atomic E-state index is 12.7. The first-order valence-corrected chi connectivity index (χ1v) is 8.72. The molecule has 1 atom stereocenters. The second-order valence-corrected chi connectivity index (χ2v) is 7.79. The van der Waals surface area contributed by atoms with E-state index < -0.39 is 0 Å². The highest BCUT2D eigenvalue weighted by Gasteiger charge is 2.27. The summed E-state index contributed by atoms with van der Waals surface area (Å²) in [5, 5.41) is 0. The van der Waals surface area contributed by atoms with Gasteiger partial charge in [0.25, 0.3) is 5.91 Å². The van der Waals surface area contributed by atoms with Crippen LogP contribution < -0.4 is 0 Å². The van der Waals surface area contributed by atoms with E-state index in [-0.39, 0.29) is 11.3 Å². The molecule has 1 aliphatic rings.